The SMILES string of the molecule is N#CCOc1ccc(NCc2cc3oc(-c4nn[nH]n4)cc3cc2I)cc1C(F)(F)F. The Morgan fingerprint density at radius 1 is 1.23 bits per heavy atom. The summed E-state index contributed by atoms with van der Waals surface area (Å²) in [5.41, 5.74) is 0.738. The predicted octanol–water partition coefficient (Wildman–Crippen LogP) is 4.75. The number of nitriles is 1. The van der Waals surface area contributed by atoms with Crippen LogP contribution >= 0.6 is 22.6 Å². The Morgan fingerprint density at radius 2 is 2.06 bits per heavy atom. The number of ether oxygens (including phenoxy) is 1. The van der Waals surface area contributed by atoms with Gasteiger partial charge in [0, 0.05) is 21.2 Å². The predicted molar refractivity (Wildman–Crippen MR) is 112 cm³/mol. The fraction of sp³-hybridized carbons (Fsp3) is 0.158. The fourth-order valence-electron chi connectivity index (χ4n) is 2.91. The molecular weight excluding hydrogens is 528 g/mol. The van der Waals surface area contributed by atoms with Crippen LogP contribution in [0.25, 0.3) is 22.6 Å². The number of benzene rings is 2. The van der Waals surface area contributed by atoms with Crippen LogP contribution in [0, 0.1) is 14.9 Å². The molecule has 4 aromatic rings. The summed E-state index contributed by atoms with van der Waals surface area (Å²) in [4.78, 5) is 0. The third-order valence-electron chi connectivity index (χ3n) is 4.31. The van der Waals surface area contributed by atoms with Crippen molar-refractivity contribution in [3.63, 3.8) is 0 Å². The van der Waals surface area contributed by atoms with Crippen molar-refractivity contribution in [3.05, 3.63) is 51.1 Å². The minimum absolute atomic E-state index is 0.263. The second-order valence-electron chi connectivity index (χ2n) is 6.34. The van der Waals surface area contributed by atoms with Crippen LogP contribution in [0.5, 0.6) is 5.75 Å². The molecule has 0 bridgehead atoms. The summed E-state index contributed by atoms with van der Waals surface area (Å²) < 4.78 is 51.6. The van der Waals surface area contributed by atoms with Crippen LogP contribution in [0.15, 0.2) is 40.8 Å². The zero-order valence-corrected chi connectivity index (χ0v) is 17.7. The van der Waals surface area contributed by atoms with Gasteiger partial charge in [-0.1, -0.05) is 0 Å². The van der Waals surface area contributed by atoms with Crippen molar-refractivity contribution in [3.8, 4) is 23.4 Å². The Bertz CT molecular complexity index is 1260. The molecule has 0 atom stereocenters. The number of alkyl halides is 3. The monoisotopic (exact) mass is 540 g/mol. The van der Waals surface area contributed by atoms with Crippen molar-refractivity contribution >= 4 is 39.2 Å². The lowest BCUT2D eigenvalue weighted by Gasteiger charge is -2.15. The molecule has 2 aromatic heterocycles. The van der Waals surface area contributed by atoms with Crippen LogP contribution in [0.2, 0.25) is 0 Å². The highest BCUT2D eigenvalue weighted by Crippen LogP contribution is 2.38. The van der Waals surface area contributed by atoms with Crippen LogP contribution in [-0.4, -0.2) is 27.2 Å². The topological polar surface area (TPSA) is 113 Å². The Hall–Kier alpha value is -3.34. The van der Waals surface area contributed by atoms with Gasteiger partial charge in [0.15, 0.2) is 12.4 Å². The van der Waals surface area contributed by atoms with Gasteiger partial charge >= 0.3 is 6.18 Å². The van der Waals surface area contributed by atoms with Gasteiger partial charge in [-0.3, -0.25) is 0 Å². The van der Waals surface area contributed by atoms with Crippen LogP contribution in [0.3, 0.4) is 0 Å². The third kappa shape index (κ3) is 4.55. The van der Waals surface area contributed by atoms with Gasteiger partial charge < -0.3 is 14.5 Å². The molecule has 0 saturated heterocycles. The highest BCUT2D eigenvalue weighted by molar-refractivity contribution is 14.1. The second-order valence-corrected chi connectivity index (χ2v) is 7.50. The molecular formula is C19H12F3IN6O2. The Morgan fingerprint density at radius 3 is 2.77 bits per heavy atom. The van der Waals surface area contributed by atoms with Crippen LogP contribution in [0.1, 0.15) is 11.1 Å². The molecule has 2 N–H and O–H groups in total. The van der Waals surface area contributed by atoms with E-state index in [1.54, 1.807) is 12.1 Å². The van der Waals surface area contributed by atoms with E-state index in [2.05, 4.69) is 48.5 Å². The molecule has 158 valence electrons. The summed E-state index contributed by atoms with van der Waals surface area (Å²) >= 11 is 2.15. The first-order valence-electron chi connectivity index (χ1n) is 8.76. The lowest BCUT2D eigenvalue weighted by Crippen LogP contribution is -2.10. The summed E-state index contributed by atoms with van der Waals surface area (Å²) in [6, 6.07) is 10.8. The fourth-order valence-corrected chi connectivity index (χ4v) is 3.59. The minimum atomic E-state index is -4.62. The highest BCUT2D eigenvalue weighted by Gasteiger charge is 2.34. The Balaban J connectivity index is 1.57. The summed E-state index contributed by atoms with van der Waals surface area (Å²) in [5, 5.41) is 26.0. The quantitative estimate of drug-likeness (QED) is 0.340. The normalized spacial score (nSPS) is 11.5. The molecule has 31 heavy (non-hydrogen) atoms. The number of halogens is 4. The van der Waals surface area contributed by atoms with E-state index in [1.807, 2.05) is 12.1 Å². The molecule has 0 unspecified atom stereocenters. The number of tetrazole rings is 1. The maximum Gasteiger partial charge on any atom is 0.420 e. The first-order valence-corrected chi connectivity index (χ1v) is 9.83. The average Bonchev–Trinajstić information content (AvgIpc) is 3.39. The van der Waals surface area contributed by atoms with Gasteiger partial charge in [0.2, 0.25) is 5.82 Å². The molecule has 0 aliphatic rings. The van der Waals surface area contributed by atoms with Gasteiger partial charge in [-0.15, -0.1) is 10.2 Å². The summed E-state index contributed by atoms with van der Waals surface area (Å²) in [5.74, 6) is 0.386. The number of nitrogens with zero attached hydrogens (tertiary/aromatic N) is 4. The maximum absolute atomic E-state index is 13.4. The van der Waals surface area contributed by atoms with E-state index in [1.165, 1.54) is 12.1 Å². The lowest BCUT2D eigenvalue weighted by molar-refractivity contribution is -0.138. The molecule has 2 aromatic carbocycles. The highest BCUT2D eigenvalue weighted by atomic mass is 127. The van der Waals surface area contributed by atoms with Crippen molar-refractivity contribution in [1.82, 2.24) is 20.6 Å². The number of aromatic amines is 1. The summed E-state index contributed by atoms with van der Waals surface area (Å²) in [6.07, 6.45) is -4.62. The van der Waals surface area contributed by atoms with E-state index < -0.39 is 18.3 Å². The maximum atomic E-state index is 13.4. The Labute approximate surface area is 186 Å². The van der Waals surface area contributed by atoms with Gasteiger partial charge in [0.1, 0.15) is 17.4 Å². The van der Waals surface area contributed by atoms with Crippen LogP contribution in [-0.2, 0) is 12.7 Å². The van der Waals surface area contributed by atoms with Crippen LogP contribution in [0.4, 0.5) is 18.9 Å². The zero-order valence-electron chi connectivity index (χ0n) is 15.5. The molecule has 12 heteroatoms. The van der Waals surface area contributed by atoms with Gasteiger partial charge in [-0.25, -0.2) is 0 Å². The van der Waals surface area contributed by atoms with Crippen molar-refractivity contribution in [2.45, 2.75) is 12.7 Å². The first-order chi connectivity index (χ1) is 14.8. The lowest BCUT2D eigenvalue weighted by atomic mass is 10.1. The minimum Gasteiger partial charge on any atom is -0.478 e. The summed E-state index contributed by atoms with van der Waals surface area (Å²) in [6.45, 7) is -0.203. The molecule has 2 heterocycles. The van der Waals surface area contributed by atoms with Gasteiger partial charge in [0.05, 0.1) is 5.56 Å². The van der Waals surface area contributed by atoms with Gasteiger partial charge in [0.25, 0.3) is 0 Å². The molecule has 0 aliphatic carbocycles. The van der Waals surface area contributed by atoms with E-state index in [-0.39, 0.29) is 18.0 Å². The number of rotatable bonds is 6. The molecule has 0 aliphatic heterocycles. The number of fused-ring (bicyclic) bond motifs is 1. The number of hydrogen-bond donors (Lipinski definition) is 2. The molecule has 0 radical (unpaired) electrons. The molecule has 0 amide bonds. The molecule has 0 fully saturated rings. The van der Waals surface area contributed by atoms with E-state index in [0.29, 0.717) is 17.2 Å². The number of aromatic nitrogens is 4. The van der Waals surface area contributed by atoms with E-state index in [4.69, 9.17) is 14.4 Å². The van der Waals surface area contributed by atoms with Crippen molar-refractivity contribution < 1.29 is 22.3 Å². The third-order valence-corrected chi connectivity index (χ3v) is 5.32. The van der Waals surface area contributed by atoms with Crippen molar-refractivity contribution in [1.29, 1.82) is 5.26 Å². The van der Waals surface area contributed by atoms with E-state index in [0.717, 1.165) is 20.6 Å². The molecule has 4 rings (SSSR count). The number of anilines is 1. The van der Waals surface area contributed by atoms with Gasteiger partial charge in [-0.2, -0.15) is 23.6 Å². The van der Waals surface area contributed by atoms with E-state index >= 15 is 0 Å². The molecule has 0 saturated carbocycles. The Kier molecular flexibility index (Phi) is 5.68. The van der Waals surface area contributed by atoms with Crippen molar-refractivity contribution in [2.75, 3.05) is 11.9 Å². The van der Waals surface area contributed by atoms with E-state index in [9.17, 15) is 13.2 Å². The molecule has 8 nitrogen and oxygen atoms in total. The zero-order chi connectivity index (χ0) is 22.0. The number of H-pyrrole nitrogens is 1. The first kappa shape index (κ1) is 20.9. The van der Waals surface area contributed by atoms with Crippen molar-refractivity contribution in [2.24, 2.45) is 0 Å². The van der Waals surface area contributed by atoms with Gasteiger partial charge in [-0.05, 0) is 69.8 Å². The molecule has 0 spiro atoms. The number of nitrogens with one attached hydrogen (secondary N) is 2. The number of hydrogen-bond acceptors (Lipinski definition) is 7. The number of furan rings is 1. The second kappa shape index (κ2) is 8.42. The standard InChI is InChI=1S/C19H12F3IN6O2/c20-19(21,22)13-8-12(1-2-15(13)30-4-3-24)25-9-11-7-16-10(5-14(11)23)6-17(31-16)18-26-28-29-27-18/h1-2,5-8,25H,4,9H2,(H,26,27,28,29). The average molecular weight is 540 g/mol. The summed E-state index contributed by atoms with van der Waals surface area (Å²) in [7, 11) is 0. The largest absolute Gasteiger partial charge is 0.478 e. The van der Waals surface area contributed by atoms with Crippen LogP contribution < -0.4 is 10.1 Å². The smallest absolute Gasteiger partial charge is 0.420 e.